The van der Waals surface area contributed by atoms with Crippen LogP contribution in [0.3, 0.4) is 0 Å². The molecule has 1 aromatic carbocycles. The first-order chi connectivity index (χ1) is 8.28. The van der Waals surface area contributed by atoms with Crippen LogP contribution < -0.4 is 0 Å². The summed E-state index contributed by atoms with van der Waals surface area (Å²) < 4.78 is 0. The summed E-state index contributed by atoms with van der Waals surface area (Å²) in [5.41, 5.74) is 2.49. The smallest absolute Gasteiger partial charge is 0.136 e. The Morgan fingerprint density at radius 3 is 3.00 bits per heavy atom. The number of hydrogen-bond acceptors (Lipinski definition) is 1. The van der Waals surface area contributed by atoms with Crippen molar-refractivity contribution in [2.45, 2.75) is 32.1 Å². The average Bonchev–Trinajstić information content (AvgIpc) is 2.93. The minimum absolute atomic E-state index is 0.293. The van der Waals surface area contributed by atoms with E-state index < -0.39 is 0 Å². The number of nitrogens with one attached hydrogen (secondary N) is 1. The lowest BCUT2D eigenvalue weighted by atomic mass is 9.95. The Balaban J connectivity index is 1.91. The van der Waals surface area contributed by atoms with Crippen LogP contribution in [0.2, 0.25) is 0 Å². The topological polar surface area (TPSA) is 32.9 Å². The Morgan fingerprint density at radius 1 is 1.35 bits per heavy atom. The van der Waals surface area contributed by atoms with E-state index >= 15 is 0 Å². The minimum atomic E-state index is 0.293. The van der Waals surface area contributed by atoms with Gasteiger partial charge < -0.3 is 4.98 Å². The normalized spacial score (nSPS) is 24.6. The Hall–Kier alpha value is -1.57. The van der Waals surface area contributed by atoms with Crippen LogP contribution in [0, 0.1) is 5.92 Å². The second-order valence-corrected chi connectivity index (χ2v) is 5.03. The van der Waals surface area contributed by atoms with Crippen molar-refractivity contribution >= 4 is 16.7 Å². The Morgan fingerprint density at radius 2 is 2.24 bits per heavy atom. The highest BCUT2D eigenvalue weighted by atomic mass is 16.1. The third-order valence-electron chi connectivity index (χ3n) is 4.01. The first kappa shape index (κ1) is 10.6. The fourth-order valence-corrected chi connectivity index (χ4v) is 2.94. The molecule has 1 heterocycles. The Labute approximate surface area is 101 Å². The van der Waals surface area contributed by atoms with Crippen LogP contribution >= 0.6 is 0 Å². The molecule has 0 saturated heterocycles. The number of carbonyl (C=O) groups excluding carboxylic acids is 1. The van der Waals surface area contributed by atoms with Crippen LogP contribution in [-0.4, -0.2) is 10.8 Å². The van der Waals surface area contributed by atoms with Crippen molar-refractivity contribution < 1.29 is 4.79 Å². The SMILES string of the molecule is CCC1CC(c2ccc3[nH]ccc3c2)CC1=O. The van der Waals surface area contributed by atoms with Crippen molar-refractivity contribution in [3.8, 4) is 0 Å². The molecule has 1 aliphatic rings. The maximum atomic E-state index is 11.8. The molecule has 1 aromatic heterocycles. The molecule has 1 N–H and O–H groups in total. The van der Waals surface area contributed by atoms with Gasteiger partial charge in [0.05, 0.1) is 0 Å². The van der Waals surface area contributed by atoms with E-state index in [1.165, 1.54) is 16.5 Å². The highest BCUT2D eigenvalue weighted by Crippen LogP contribution is 2.38. The number of benzene rings is 1. The van der Waals surface area contributed by atoms with Gasteiger partial charge in [-0.05, 0) is 47.9 Å². The second-order valence-electron chi connectivity index (χ2n) is 5.03. The van der Waals surface area contributed by atoms with E-state index in [1.54, 1.807) is 0 Å². The van der Waals surface area contributed by atoms with E-state index in [9.17, 15) is 4.79 Å². The molecule has 1 aliphatic carbocycles. The standard InChI is InChI=1S/C15H17NO/c1-2-10-7-13(9-15(10)17)11-3-4-14-12(8-11)5-6-16-14/h3-6,8,10,13,16H,2,7,9H2,1H3. The summed E-state index contributed by atoms with van der Waals surface area (Å²) in [6.07, 6.45) is 4.71. The van der Waals surface area contributed by atoms with Gasteiger partial charge in [0.25, 0.3) is 0 Å². The number of Topliss-reactive ketones (excluding diaryl/α,β-unsaturated/α-hetero) is 1. The number of rotatable bonds is 2. The number of H-pyrrole nitrogens is 1. The van der Waals surface area contributed by atoms with Crippen LogP contribution in [0.1, 0.15) is 37.7 Å². The van der Waals surface area contributed by atoms with Crippen molar-refractivity contribution in [1.29, 1.82) is 0 Å². The van der Waals surface area contributed by atoms with E-state index in [0.717, 1.165) is 19.3 Å². The van der Waals surface area contributed by atoms with Crippen molar-refractivity contribution in [2.24, 2.45) is 5.92 Å². The van der Waals surface area contributed by atoms with E-state index in [-0.39, 0.29) is 0 Å². The molecule has 1 fully saturated rings. The van der Waals surface area contributed by atoms with Gasteiger partial charge in [0, 0.05) is 24.1 Å². The molecule has 17 heavy (non-hydrogen) atoms. The van der Waals surface area contributed by atoms with Crippen LogP contribution in [0.5, 0.6) is 0 Å². The monoisotopic (exact) mass is 227 g/mol. The molecule has 0 bridgehead atoms. The summed E-state index contributed by atoms with van der Waals surface area (Å²) in [5, 5.41) is 1.25. The van der Waals surface area contributed by atoms with Gasteiger partial charge in [-0.1, -0.05) is 13.0 Å². The minimum Gasteiger partial charge on any atom is -0.361 e. The number of ketones is 1. The Bertz CT molecular complexity index is 555. The largest absolute Gasteiger partial charge is 0.361 e. The first-order valence-electron chi connectivity index (χ1n) is 6.37. The van der Waals surface area contributed by atoms with Gasteiger partial charge in [-0.25, -0.2) is 0 Å². The number of hydrogen-bond donors (Lipinski definition) is 1. The van der Waals surface area contributed by atoms with Crippen LogP contribution in [-0.2, 0) is 4.79 Å². The predicted molar refractivity (Wildman–Crippen MR) is 69.1 cm³/mol. The van der Waals surface area contributed by atoms with Crippen molar-refractivity contribution in [3.05, 3.63) is 36.0 Å². The summed E-state index contributed by atoms with van der Waals surface area (Å²) in [5.74, 6) is 1.18. The lowest BCUT2D eigenvalue weighted by molar-refractivity contribution is -0.120. The van der Waals surface area contributed by atoms with Gasteiger partial charge in [-0.2, -0.15) is 0 Å². The fraction of sp³-hybridized carbons (Fsp3) is 0.400. The third kappa shape index (κ3) is 1.78. The molecule has 88 valence electrons. The van der Waals surface area contributed by atoms with E-state index in [2.05, 4.69) is 36.2 Å². The fourth-order valence-electron chi connectivity index (χ4n) is 2.94. The van der Waals surface area contributed by atoms with E-state index in [4.69, 9.17) is 0 Å². The third-order valence-corrected chi connectivity index (χ3v) is 4.01. The molecule has 2 atom stereocenters. The summed E-state index contributed by atoms with van der Waals surface area (Å²) in [6.45, 7) is 2.11. The highest BCUT2D eigenvalue weighted by molar-refractivity contribution is 5.85. The summed E-state index contributed by atoms with van der Waals surface area (Å²) in [4.78, 5) is 15.0. The van der Waals surface area contributed by atoms with Crippen LogP contribution in [0.4, 0.5) is 0 Å². The predicted octanol–water partition coefficient (Wildman–Crippen LogP) is 3.64. The molecular weight excluding hydrogens is 210 g/mol. The average molecular weight is 227 g/mol. The molecule has 0 aliphatic heterocycles. The molecule has 2 aromatic rings. The number of aromatic amines is 1. The first-order valence-corrected chi connectivity index (χ1v) is 6.37. The number of carbonyl (C=O) groups is 1. The molecule has 2 heteroatoms. The maximum Gasteiger partial charge on any atom is 0.136 e. The van der Waals surface area contributed by atoms with Gasteiger partial charge >= 0.3 is 0 Å². The maximum absolute atomic E-state index is 11.8. The van der Waals surface area contributed by atoms with Crippen LogP contribution in [0.25, 0.3) is 10.9 Å². The summed E-state index contributed by atoms with van der Waals surface area (Å²) in [7, 11) is 0. The van der Waals surface area contributed by atoms with Crippen molar-refractivity contribution in [3.63, 3.8) is 0 Å². The second kappa shape index (κ2) is 4.02. The van der Waals surface area contributed by atoms with E-state index in [0.29, 0.717) is 17.6 Å². The van der Waals surface area contributed by atoms with Gasteiger partial charge in [0.2, 0.25) is 0 Å². The summed E-state index contributed by atoms with van der Waals surface area (Å²) >= 11 is 0. The quantitative estimate of drug-likeness (QED) is 0.834. The van der Waals surface area contributed by atoms with Gasteiger partial charge in [-0.15, -0.1) is 0 Å². The molecule has 2 unspecified atom stereocenters. The molecular formula is C15H17NO. The molecule has 0 spiro atoms. The Kier molecular flexibility index (Phi) is 2.50. The molecule has 3 rings (SSSR count). The lowest BCUT2D eigenvalue weighted by Crippen LogP contribution is -2.03. The zero-order chi connectivity index (χ0) is 11.8. The summed E-state index contributed by atoms with van der Waals surface area (Å²) in [6, 6.07) is 8.60. The van der Waals surface area contributed by atoms with Crippen molar-refractivity contribution in [2.75, 3.05) is 0 Å². The molecule has 0 amide bonds. The van der Waals surface area contributed by atoms with E-state index in [1.807, 2.05) is 6.20 Å². The number of fused-ring (bicyclic) bond motifs is 1. The molecule has 1 saturated carbocycles. The zero-order valence-corrected chi connectivity index (χ0v) is 10.1. The zero-order valence-electron chi connectivity index (χ0n) is 10.1. The van der Waals surface area contributed by atoms with Gasteiger partial charge in [-0.3, -0.25) is 4.79 Å². The van der Waals surface area contributed by atoms with Crippen molar-refractivity contribution in [1.82, 2.24) is 4.98 Å². The molecule has 0 radical (unpaired) electrons. The van der Waals surface area contributed by atoms with Gasteiger partial charge in [0.15, 0.2) is 0 Å². The lowest BCUT2D eigenvalue weighted by Gasteiger charge is -2.09. The molecule has 2 nitrogen and oxygen atoms in total. The van der Waals surface area contributed by atoms with Gasteiger partial charge in [0.1, 0.15) is 5.78 Å². The van der Waals surface area contributed by atoms with Crippen LogP contribution in [0.15, 0.2) is 30.5 Å². The number of aromatic nitrogens is 1. The highest BCUT2D eigenvalue weighted by Gasteiger charge is 2.31.